The molecule has 1 aliphatic rings. The van der Waals surface area contributed by atoms with Gasteiger partial charge < -0.3 is 5.11 Å². The molecule has 1 aromatic rings. The standard InChI is InChI=1S/C15H12N2O2/c1-4-7-17-13-6-5-10(2)8-12(13)15(19,14(17)18)11(3)9-16/h1,5-6,8,19H,3,7H2,2H3. The van der Waals surface area contributed by atoms with Crippen LogP contribution < -0.4 is 4.90 Å². The number of aliphatic hydroxyl groups is 1. The van der Waals surface area contributed by atoms with E-state index in [4.69, 9.17) is 11.7 Å². The predicted octanol–water partition coefficient (Wildman–Crippen LogP) is 1.24. The van der Waals surface area contributed by atoms with E-state index in [1.165, 1.54) is 4.90 Å². The van der Waals surface area contributed by atoms with Crippen LogP contribution in [0.15, 0.2) is 30.4 Å². The van der Waals surface area contributed by atoms with Gasteiger partial charge in [-0.05, 0) is 13.0 Å². The smallest absolute Gasteiger partial charge is 0.270 e. The van der Waals surface area contributed by atoms with Crippen LogP contribution in [0.25, 0.3) is 0 Å². The van der Waals surface area contributed by atoms with Crippen LogP contribution in [0.2, 0.25) is 0 Å². The van der Waals surface area contributed by atoms with Crippen molar-refractivity contribution >= 4 is 11.6 Å². The molecule has 4 nitrogen and oxygen atoms in total. The summed E-state index contributed by atoms with van der Waals surface area (Å²) in [5.74, 6) is 1.74. The van der Waals surface area contributed by atoms with Gasteiger partial charge in [0.05, 0.1) is 23.9 Å². The van der Waals surface area contributed by atoms with Gasteiger partial charge in [-0.15, -0.1) is 6.42 Å². The Bertz CT molecular complexity index is 664. The number of fused-ring (bicyclic) bond motifs is 1. The summed E-state index contributed by atoms with van der Waals surface area (Å²) in [7, 11) is 0. The van der Waals surface area contributed by atoms with E-state index in [9.17, 15) is 9.90 Å². The summed E-state index contributed by atoms with van der Waals surface area (Å²) in [6, 6.07) is 6.96. The van der Waals surface area contributed by atoms with E-state index in [-0.39, 0.29) is 12.1 Å². The molecular formula is C15H12N2O2. The van der Waals surface area contributed by atoms with Crippen LogP contribution >= 0.6 is 0 Å². The van der Waals surface area contributed by atoms with Crippen LogP contribution in [-0.2, 0) is 10.4 Å². The zero-order valence-electron chi connectivity index (χ0n) is 10.5. The van der Waals surface area contributed by atoms with Gasteiger partial charge in [0, 0.05) is 5.56 Å². The van der Waals surface area contributed by atoms with E-state index in [1.807, 2.05) is 13.0 Å². The van der Waals surface area contributed by atoms with Crippen molar-refractivity contribution in [2.24, 2.45) is 0 Å². The van der Waals surface area contributed by atoms with Crippen molar-refractivity contribution in [3.8, 4) is 18.4 Å². The number of anilines is 1. The normalized spacial score (nSPS) is 20.6. The van der Waals surface area contributed by atoms with E-state index in [2.05, 4.69) is 12.5 Å². The maximum absolute atomic E-state index is 12.4. The quantitative estimate of drug-likeness (QED) is 0.636. The van der Waals surface area contributed by atoms with Crippen molar-refractivity contribution < 1.29 is 9.90 Å². The molecule has 1 aromatic carbocycles. The summed E-state index contributed by atoms with van der Waals surface area (Å²) in [5, 5.41) is 19.6. The molecular weight excluding hydrogens is 240 g/mol. The number of amides is 1. The number of benzene rings is 1. The van der Waals surface area contributed by atoms with Gasteiger partial charge in [-0.1, -0.05) is 30.2 Å². The highest BCUT2D eigenvalue weighted by Gasteiger charge is 2.51. The Kier molecular flexibility index (Phi) is 2.90. The van der Waals surface area contributed by atoms with E-state index in [1.54, 1.807) is 18.2 Å². The van der Waals surface area contributed by atoms with Gasteiger partial charge in [0.1, 0.15) is 0 Å². The molecule has 1 aliphatic heterocycles. The van der Waals surface area contributed by atoms with Crippen LogP contribution in [0.5, 0.6) is 0 Å². The van der Waals surface area contributed by atoms with Crippen molar-refractivity contribution in [3.05, 3.63) is 41.5 Å². The molecule has 94 valence electrons. The number of nitrogens with zero attached hydrogens (tertiary/aromatic N) is 2. The first-order valence-electron chi connectivity index (χ1n) is 5.65. The summed E-state index contributed by atoms with van der Waals surface area (Å²) >= 11 is 0. The predicted molar refractivity (Wildman–Crippen MR) is 71.0 cm³/mol. The second kappa shape index (κ2) is 4.28. The lowest BCUT2D eigenvalue weighted by atomic mass is 9.88. The first kappa shape index (κ1) is 12.9. The molecule has 0 spiro atoms. The lowest BCUT2D eigenvalue weighted by Gasteiger charge is -2.20. The van der Waals surface area contributed by atoms with Gasteiger partial charge in [-0.3, -0.25) is 9.69 Å². The summed E-state index contributed by atoms with van der Waals surface area (Å²) < 4.78 is 0. The monoisotopic (exact) mass is 252 g/mol. The average molecular weight is 252 g/mol. The number of hydrogen-bond donors (Lipinski definition) is 1. The molecule has 0 saturated heterocycles. The van der Waals surface area contributed by atoms with Crippen molar-refractivity contribution in [1.82, 2.24) is 0 Å². The molecule has 1 N–H and O–H groups in total. The largest absolute Gasteiger partial charge is 0.371 e. The molecule has 0 aromatic heterocycles. The molecule has 0 saturated carbocycles. The van der Waals surface area contributed by atoms with Gasteiger partial charge in [-0.2, -0.15) is 5.26 Å². The summed E-state index contributed by atoms with van der Waals surface area (Å²) in [4.78, 5) is 13.6. The van der Waals surface area contributed by atoms with Crippen molar-refractivity contribution in [2.45, 2.75) is 12.5 Å². The molecule has 1 heterocycles. The van der Waals surface area contributed by atoms with Gasteiger partial charge in [0.2, 0.25) is 5.60 Å². The van der Waals surface area contributed by atoms with Crippen molar-refractivity contribution in [3.63, 3.8) is 0 Å². The molecule has 1 atom stereocenters. The minimum atomic E-state index is -2.01. The first-order chi connectivity index (χ1) is 8.96. The summed E-state index contributed by atoms with van der Waals surface area (Å²) in [6.07, 6.45) is 5.24. The number of hydrogen-bond acceptors (Lipinski definition) is 3. The number of rotatable bonds is 2. The van der Waals surface area contributed by atoms with Crippen molar-refractivity contribution in [2.75, 3.05) is 11.4 Å². The zero-order chi connectivity index (χ0) is 14.2. The maximum Gasteiger partial charge on any atom is 0.270 e. The average Bonchev–Trinajstić information content (AvgIpc) is 2.61. The van der Waals surface area contributed by atoms with E-state index < -0.39 is 11.5 Å². The van der Waals surface area contributed by atoms with E-state index in [0.29, 0.717) is 11.3 Å². The molecule has 0 radical (unpaired) electrons. The number of nitriles is 1. The van der Waals surface area contributed by atoms with Gasteiger partial charge in [0.15, 0.2) is 0 Å². The van der Waals surface area contributed by atoms with Crippen LogP contribution in [0.3, 0.4) is 0 Å². The Morgan fingerprint density at radius 1 is 1.63 bits per heavy atom. The molecule has 1 unspecified atom stereocenters. The molecule has 19 heavy (non-hydrogen) atoms. The molecule has 0 bridgehead atoms. The highest BCUT2D eigenvalue weighted by atomic mass is 16.3. The highest BCUT2D eigenvalue weighted by Crippen LogP contribution is 2.44. The fourth-order valence-corrected chi connectivity index (χ4v) is 2.22. The third-order valence-corrected chi connectivity index (χ3v) is 3.21. The van der Waals surface area contributed by atoms with Crippen LogP contribution in [-0.4, -0.2) is 17.6 Å². The Morgan fingerprint density at radius 3 is 2.89 bits per heavy atom. The fraction of sp³-hybridized carbons (Fsp3) is 0.200. The topological polar surface area (TPSA) is 64.3 Å². The van der Waals surface area contributed by atoms with Crippen LogP contribution in [0.1, 0.15) is 11.1 Å². The van der Waals surface area contributed by atoms with Crippen molar-refractivity contribution in [1.29, 1.82) is 5.26 Å². The highest BCUT2D eigenvalue weighted by molar-refractivity contribution is 6.09. The van der Waals surface area contributed by atoms with Crippen LogP contribution in [0, 0.1) is 30.6 Å². The SMILES string of the molecule is C#CCN1C(=O)C(O)(C(=C)C#N)c2cc(C)ccc21. The fourth-order valence-electron chi connectivity index (χ4n) is 2.22. The number of aryl methyl sites for hydroxylation is 1. The molecule has 0 fully saturated rings. The lowest BCUT2D eigenvalue weighted by molar-refractivity contribution is -0.132. The second-order valence-corrected chi connectivity index (χ2v) is 4.42. The summed E-state index contributed by atoms with van der Waals surface area (Å²) in [5.41, 5.74) is -0.457. The van der Waals surface area contributed by atoms with Crippen LogP contribution in [0.4, 0.5) is 5.69 Å². The maximum atomic E-state index is 12.4. The minimum absolute atomic E-state index is 0.0376. The third kappa shape index (κ3) is 1.62. The van der Waals surface area contributed by atoms with Gasteiger partial charge in [0.25, 0.3) is 5.91 Å². The molecule has 2 rings (SSSR count). The number of terminal acetylenes is 1. The minimum Gasteiger partial charge on any atom is -0.371 e. The van der Waals surface area contributed by atoms with E-state index in [0.717, 1.165) is 5.56 Å². The molecule has 4 heteroatoms. The Hall–Kier alpha value is -2.56. The zero-order valence-corrected chi connectivity index (χ0v) is 10.5. The molecule has 1 amide bonds. The van der Waals surface area contributed by atoms with Gasteiger partial charge in [-0.25, -0.2) is 0 Å². The Balaban J connectivity index is 2.71. The Labute approximate surface area is 111 Å². The lowest BCUT2D eigenvalue weighted by Crippen LogP contribution is -2.41. The third-order valence-electron chi connectivity index (χ3n) is 3.21. The van der Waals surface area contributed by atoms with Gasteiger partial charge >= 0.3 is 0 Å². The first-order valence-corrected chi connectivity index (χ1v) is 5.65. The van der Waals surface area contributed by atoms with E-state index >= 15 is 0 Å². The number of carbonyl (C=O) groups is 1. The summed E-state index contributed by atoms with van der Waals surface area (Å²) in [6.45, 7) is 5.37. The Morgan fingerprint density at radius 2 is 2.32 bits per heavy atom. The second-order valence-electron chi connectivity index (χ2n) is 4.42. The number of carbonyl (C=O) groups excluding carboxylic acids is 1. The molecule has 0 aliphatic carbocycles.